The smallest absolute Gasteiger partial charge is 0.407 e. The number of carbonyl (C=O) groups is 3. The molecule has 0 saturated carbocycles. The van der Waals surface area contributed by atoms with Crippen LogP contribution >= 0.6 is 0 Å². The maximum atomic E-state index is 12.4. The summed E-state index contributed by atoms with van der Waals surface area (Å²) in [6.45, 7) is 16.3. The van der Waals surface area contributed by atoms with Crippen molar-refractivity contribution in [3.8, 4) is 0 Å². The molecule has 18 nitrogen and oxygen atoms in total. The Hall–Kier alpha value is -3.95. The number of likely N-dealkylation sites (tertiary alicyclic amines) is 2. The van der Waals surface area contributed by atoms with Gasteiger partial charge in [0, 0.05) is 64.4 Å². The van der Waals surface area contributed by atoms with Crippen LogP contribution in [-0.2, 0) is 60.6 Å². The van der Waals surface area contributed by atoms with Crippen LogP contribution in [0.2, 0.25) is 0 Å². The van der Waals surface area contributed by atoms with Crippen molar-refractivity contribution in [1.82, 2.24) is 25.3 Å². The van der Waals surface area contributed by atoms with Crippen LogP contribution in [0.3, 0.4) is 0 Å². The molecule has 0 radical (unpaired) electrons. The normalized spacial score (nSPS) is 30.6. The zero-order valence-corrected chi connectivity index (χ0v) is 39.8. The van der Waals surface area contributed by atoms with E-state index in [2.05, 4.69) is 20.4 Å². The number of hydrogen-bond donors (Lipinski definition) is 3. The number of piperidine rings is 2. The Morgan fingerprint density at radius 3 is 1.53 bits per heavy atom. The van der Waals surface area contributed by atoms with Gasteiger partial charge in [0.1, 0.15) is 56.4 Å². The lowest BCUT2D eigenvalue weighted by molar-refractivity contribution is -0.220. The molecule has 3 amide bonds. The Kier molecular flexibility index (Phi) is 16.0. The standard InChI is InChI=1S/C26H39N3O7.C22H32N2O6/c1-25(2)35-22-21(32-17-20(30)28(4)5)19(34-23(22)36-25)15-29-13-11-26(3,12-14-29)27-24(31)33-16-18-9-7-6-8-10-18;1-21(2)29-18-17(25)16(28-19(18)30-21)13-24-11-9-22(3,10-12-24)23-20(26)27-14-15-7-5-4-6-8-15/h6-10,19,21-23H,11-17H2,1-5H3,(H,27,31);4-8,16-19,25H,9-14H2,1-3H3,(H,23,26)/t19-,21+,22-,23-;16-,17+,18-,19-/m11/s1. The summed E-state index contributed by atoms with van der Waals surface area (Å²) in [5, 5.41) is 16.6. The molecular weight excluding hydrogens is 855 g/mol. The molecule has 366 valence electrons. The van der Waals surface area contributed by atoms with E-state index in [1.807, 2.05) is 102 Å². The van der Waals surface area contributed by atoms with Crippen LogP contribution in [-0.4, -0.2) is 170 Å². The van der Waals surface area contributed by atoms with Gasteiger partial charge in [0.2, 0.25) is 5.91 Å². The Labute approximate surface area is 388 Å². The van der Waals surface area contributed by atoms with Gasteiger partial charge in [-0.05, 0) is 78.4 Å². The summed E-state index contributed by atoms with van der Waals surface area (Å²) in [6, 6.07) is 19.3. The highest BCUT2D eigenvalue weighted by Gasteiger charge is 2.56. The van der Waals surface area contributed by atoms with E-state index in [1.165, 1.54) is 4.90 Å². The lowest BCUT2D eigenvalue weighted by atomic mass is 9.89. The summed E-state index contributed by atoms with van der Waals surface area (Å²) in [4.78, 5) is 42.8. The minimum absolute atomic E-state index is 0.0440. The van der Waals surface area contributed by atoms with Crippen LogP contribution < -0.4 is 10.6 Å². The Morgan fingerprint density at radius 2 is 1.08 bits per heavy atom. The largest absolute Gasteiger partial charge is 0.445 e. The van der Waals surface area contributed by atoms with Crippen molar-refractivity contribution in [3.63, 3.8) is 0 Å². The molecule has 0 aliphatic carbocycles. The molecule has 6 fully saturated rings. The summed E-state index contributed by atoms with van der Waals surface area (Å²) in [5.74, 6) is -1.61. The number of benzene rings is 2. The van der Waals surface area contributed by atoms with Crippen molar-refractivity contribution in [2.24, 2.45) is 0 Å². The summed E-state index contributed by atoms with van der Waals surface area (Å²) < 4.78 is 52.3. The number of amides is 3. The van der Waals surface area contributed by atoms with Gasteiger partial charge < -0.3 is 73.1 Å². The van der Waals surface area contributed by atoms with Crippen LogP contribution in [0.25, 0.3) is 0 Å². The predicted octanol–water partition coefficient (Wildman–Crippen LogP) is 4.12. The highest BCUT2D eigenvalue weighted by Crippen LogP contribution is 2.40. The van der Waals surface area contributed by atoms with E-state index in [9.17, 15) is 19.5 Å². The molecule has 8 atom stereocenters. The third-order valence-corrected chi connectivity index (χ3v) is 13.1. The first-order valence-electron chi connectivity index (χ1n) is 23.2. The van der Waals surface area contributed by atoms with Gasteiger partial charge in [-0.3, -0.25) is 4.79 Å². The third-order valence-electron chi connectivity index (χ3n) is 13.1. The number of aliphatic hydroxyl groups is 1. The second-order valence-electron chi connectivity index (χ2n) is 19.9. The summed E-state index contributed by atoms with van der Waals surface area (Å²) in [5.41, 5.74) is 1.26. The van der Waals surface area contributed by atoms with E-state index in [4.69, 9.17) is 42.6 Å². The maximum Gasteiger partial charge on any atom is 0.407 e. The molecule has 6 saturated heterocycles. The van der Waals surface area contributed by atoms with E-state index in [0.717, 1.165) is 63.0 Å². The van der Waals surface area contributed by atoms with Gasteiger partial charge in [0.05, 0.1) is 0 Å². The van der Waals surface area contributed by atoms with Gasteiger partial charge in [-0.15, -0.1) is 0 Å². The first kappa shape index (κ1) is 49.9. The molecule has 0 unspecified atom stereocenters. The van der Waals surface area contributed by atoms with Crippen molar-refractivity contribution < 1.29 is 62.1 Å². The molecule has 2 aromatic carbocycles. The highest BCUT2D eigenvalue weighted by atomic mass is 16.8. The Morgan fingerprint density at radius 1 is 0.652 bits per heavy atom. The van der Waals surface area contributed by atoms with E-state index in [-0.39, 0.29) is 49.0 Å². The number of carbonyl (C=O) groups excluding carboxylic acids is 3. The van der Waals surface area contributed by atoms with Gasteiger partial charge in [-0.25, -0.2) is 9.59 Å². The molecule has 6 aliphatic rings. The maximum absolute atomic E-state index is 12.4. The van der Waals surface area contributed by atoms with E-state index < -0.39 is 60.8 Å². The fourth-order valence-corrected chi connectivity index (χ4v) is 9.13. The molecule has 0 aromatic heterocycles. The summed E-state index contributed by atoms with van der Waals surface area (Å²) in [6.07, 6.45) is -1.30. The van der Waals surface area contributed by atoms with Gasteiger partial charge >= 0.3 is 12.2 Å². The van der Waals surface area contributed by atoms with Crippen LogP contribution in [0.1, 0.15) is 78.4 Å². The molecular formula is C48H71N5O13. The van der Waals surface area contributed by atoms with Crippen molar-refractivity contribution >= 4 is 18.1 Å². The van der Waals surface area contributed by atoms with Crippen molar-refractivity contribution in [2.75, 3.05) is 60.0 Å². The molecule has 0 spiro atoms. The van der Waals surface area contributed by atoms with Crippen LogP contribution in [0.4, 0.5) is 9.59 Å². The monoisotopic (exact) mass is 926 g/mol. The number of rotatable bonds is 13. The van der Waals surface area contributed by atoms with Crippen LogP contribution in [0.15, 0.2) is 60.7 Å². The first-order chi connectivity index (χ1) is 31.3. The Bertz CT molecular complexity index is 1910. The number of likely N-dealkylation sites (N-methyl/N-ethyl adjacent to an activating group) is 1. The van der Waals surface area contributed by atoms with Gasteiger partial charge in [0.15, 0.2) is 24.2 Å². The average molecular weight is 926 g/mol. The van der Waals surface area contributed by atoms with Crippen LogP contribution in [0, 0.1) is 0 Å². The number of hydrogen-bond acceptors (Lipinski definition) is 15. The topological polar surface area (TPSA) is 188 Å². The summed E-state index contributed by atoms with van der Waals surface area (Å²) in [7, 11) is 3.40. The van der Waals surface area contributed by atoms with Crippen molar-refractivity contribution in [3.05, 3.63) is 71.8 Å². The van der Waals surface area contributed by atoms with Gasteiger partial charge in [-0.2, -0.15) is 0 Å². The number of nitrogens with one attached hydrogen (secondary N) is 2. The molecule has 66 heavy (non-hydrogen) atoms. The number of nitrogens with zero attached hydrogens (tertiary/aromatic N) is 3. The number of fused-ring (bicyclic) bond motifs is 2. The van der Waals surface area contributed by atoms with E-state index in [0.29, 0.717) is 13.1 Å². The lowest BCUT2D eigenvalue weighted by Crippen LogP contribution is -2.55. The van der Waals surface area contributed by atoms with Gasteiger partial charge in [-0.1, -0.05) is 60.7 Å². The zero-order chi connectivity index (χ0) is 47.3. The number of aliphatic hydroxyl groups excluding tert-OH is 1. The zero-order valence-electron chi connectivity index (χ0n) is 39.8. The first-order valence-corrected chi connectivity index (χ1v) is 23.2. The highest BCUT2D eigenvalue weighted by molar-refractivity contribution is 5.76. The second-order valence-corrected chi connectivity index (χ2v) is 19.9. The lowest BCUT2D eigenvalue weighted by Gasteiger charge is -2.40. The van der Waals surface area contributed by atoms with E-state index >= 15 is 0 Å². The molecule has 6 aliphatic heterocycles. The fraction of sp³-hybridized carbons (Fsp3) is 0.688. The molecule has 8 rings (SSSR count). The average Bonchev–Trinajstić information content (AvgIpc) is 3.94. The van der Waals surface area contributed by atoms with Crippen molar-refractivity contribution in [1.29, 1.82) is 0 Å². The molecule has 6 heterocycles. The second kappa shape index (κ2) is 21.1. The minimum atomic E-state index is -0.763. The Balaban J connectivity index is 0.000000199. The van der Waals surface area contributed by atoms with E-state index in [1.54, 1.807) is 14.1 Å². The predicted molar refractivity (Wildman–Crippen MR) is 240 cm³/mol. The number of ether oxygens (including phenoxy) is 9. The molecule has 3 N–H and O–H groups in total. The van der Waals surface area contributed by atoms with Gasteiger partial charge in [0.25, 0.3) is 0 Å². The van der Waals surface area contributed by atoms with Crippen LogP contribution in [0.5, 0.6) is 0 Å². The molecule has 18 heteroatoms. The SMILES string of the molecule is CC1(NC(=O)OCc2ccccc2)CCN(C[C@H]2O[C@@H]3OC(C)(C)O[C@@H]3[C@H]2O)CC1.CN(C)C(=O)CO[C@@H]1[C@H]2OC(C)(C)O[C@H]2O[C@@H]1CN1CCC(C)(NC(=O)OCc2ccccc2)CC1. The third kappa shape index (κ3) is 13.4. The quantitative estimate of drug-likeness (QED) is 0.260. The molecule has 2 aromatic rings. The van der Waals surface area contributed by atoms with Crippen molar-refractivity contribution in [2.45, 2.75) is 152 Å². The summed E-state index contributed by atoms with van der Waals surface area (Å²) >= 11 is 0. The minimum Gasteiger partial charge on any atom is -0.445 e. The fourth-order valence-electron chi connectivity index (χ4n) is 9.13. The molecule has 0 bridgehead atoms. The number of alkyl carbamates (subject to hydrolysis) is 2.